The van der Waals surface area contributed by atoms with Gasteiger partial charge in [-0.15, -0.1) is 0 Å². The first kappa shape index (κ1) is 18.7. The average Bonchev–Trinajstić information content (AvgIpc) is 2.67. The number of carbonyl (C=O) groups excluding carboxylic acids is 2. The predicted octanol–water partition coefficient (Wildman–Crippen LogP) is 0.436. The summed E-state index contributed by atoms with van der Waals surface area (Å²) in [6.07, 6.45) is 1.41. The molecule has 0 radical (unpaired) electrons. The SMILES string of the molecule is COc1ccccc1C(=O)N1CCN(C(=O)CN2CCCC(O)C2)CC1. The maximum Gasteiger partial charge on any atom is 0.257 e. The zero-order valence-electron chi connectivity index (χ0n) is 15.3. The Hall–Kier alpha value is -2.12. The largest absolute Gasteiger partial charge is 0.496 e. The summed E-state index contributed by atoms with van der Waals surface area (Å²) >= 11 is 0. The Bertz CT molecular complexity index is 643. The van der Waals surface area contributed by atoms with Crippen molar-refractivity contribution in [3.05, 3.63) is 29.8 Å². The van der Waals surface area contributed by atoms with Gasteiger partial charge in [-0.1, -0.05) is 12.1 Å². The maximum atomic E-state index is 12.7. The van der Waals surface area contributed by atoms with Crippen LogP contribution in [0.1, 0.15) is 23.2 Å². The second-order valence-corrected chi connectivity index (χ2v) is 6.90. The fraction of sp³-hybridized carbons (Fsp3) is 0.579. The van der Waals surface area contributed by atoms with Crippen molar-refractivity contribution < 1.29 is 19.4 Å². The Morgan fingerprint density at radius 1 is 1.12 bits per heavy atom. The van der Waals surface area contributed by atoms with Crippen LogP contribution in [0.4, 0.5) is 0 Å². The van der Waals surface area contributed by atoms with Gasteiger partial charge in [0.15, 0.2) is 0 Å². The Kier molecular flexibility index (Phi) is 6.11. The normalized spacial score (nSPS) is 21.5. The van der Waals surface area contributed by atoms with E-state index >= 15 is 0 Å². The van der Waals surface area contributed by atoms with Gasteiger partial charge in [-0.3, -0.25) is 14.5 Å². The summed E-state index contributed by atoms with van der Waals surface area (Å²) in [6, 6.07) is 7.20. The van der Waals surface area contributed by atoms with Crippen molar-refractivity contribution in [2.24, 2.45) is 0 Å². The summed E-state index contributed by atoms with van der Waals surface area (Å²) in [5.41, 5.74) is 0.553. The highest BCUT2D eigenvalue weighted by Crippen LogP contribution is 2.20. The molecule has 0 spiro atoms. The standard InChI is InChI=1S/C19H27N3O4/c1-26-17-7-3-2-6-16(17)19(25)22-11-9-21(10-12-22)18(24)14-20-8-4-5-15(23)13-20/h2-3,6-7,15,23H,4-5,8-14H2,1H3. The number of hydrogen-bond donors (Lipinski definition) is 1. The van der Waals surface area contributed by atoms with E-state index in [1.165, 1.54) is 0 Å². The molecule has 1 aromatic rings. The molecule has 3 rings (SSSR count). The molecule has 1 aromatic carbocycles. The molecule has 2 aliphatic heterocycles. The van der Waals surface area contributed by atoms with E-state index < -0.39 is 0 Å². The fourth-order valence-electron chi connectivity index (χ4n) is 3.62. The highest BCUT2D eigenvalue weighted by molar-refractivity contribution is 5.97. The molecule has 26 heavy (non-hydrogen) atoms. The zero-order chi connectivity index (χ0) is 18.5. The van der Waals surface area contributed by atoms with Gasteiger partial charge in [0, 0.05) is 32.7 Å². The summed E-state index contributed by atoms with van der Waals surface area (Å²) < 4.78 is 5.27. The predicted molar refractivity (Wildman–Crippen MR) is 97.2 cm³/mol. The highest BCUT2D eigenvalue weighted by Gasteiger charge is 2.28. The van der Waals surface area contributed by atoms with E-state index in [2.05, 4.69) is 0 Å². The molecule has 2 fully saturated rings. The smallest absolute Gasteiger partial charge is 0.257 e. The Morgan fingerprint density at radius 2 is 1.81 bits per heavy atom. The molecule has 2 aliphatic rings. The molecule has 2 saturated heterocycles. The van der Waals surface area contributed by atoms with Crippen molar-refractivity contribution in [1.29, 1.82) is 0 Å². The van der Waals surface area contributed by atoms with Crippen molar-refractivity contribution in [1.82, 2.24) is 14.7 Å². The van der Waals surface area contributed by atoms with Crippen LogP contribution in [0.25, 0.3) is 0 Å². The second-order valence-electron chi connectivity index (χ2n) is 6.90. The van der Waals surface area contributed by atoms with Crippen LogP contribution in [0.15, 0.2) is 24.3 Å². The molecule has 0 aliphatic carbocycles. The van der Waals surface area contributed by atoms with Gasteiger partial charge in [0.2, 0.25) is 5.91 Å². The van der Waals surface area contributed by atoms with Gasteiger partial charge in [-0.05, 0) is 31.5 Å². The third kappa shape index (κ3) is 4.34. The highest BCUT2D eigenvalue weighted by atomic mass is 16.5. The Morgan fingerprint density at radius 3 is 2.50 bits per heavy atom. The van der Waals surface area contributed by atoms with Crippen molar-refractivity contribution in [2.75, 3.05) is 52.9 Å². The van der Waals surface area contributed by atoms with E-state index in [0.717, 1.165) is 19.4 Å². The van der Waals surface area contributed by atoms with E-state index in [0.29, 0.717) is 50.6 Å². The Labute approximate surface area is 154 Å². The van der Waals surface area contributed by atoms with Crippen LogP contribution in [0.3, 0.4) is 0 Å². The number of likely N-dealkylation sites (tertiary alicyclic amines) is 1. The van der Waals surface area contributed by atoms with Crippen LogP contribution in [0.2, 0.25) is 0 Å². The van der Waals surface area contributed by atoms with E-state index in [-0.39, 0.29) is 17.9 Å². The molecule has 2 amide bonds. The van der Waals surface area contributed by atoms with Crippen molar-refractivity contribution in [3.63, 3.8) is 0 Å². The molecule has 1 atom stereocenters. The van der Waals surface area contributed by atoms with Crippen LogP contribution in [0.5, 0.6) is 5.75 Å². The molecule has 0 bridgehead atoms. The summed E-state index contributed by atoms with van der Waals surface area (Å²) in [5.74, 6) is 0.580. The fourth-order valence-corrected chi connectivity index (χ4v) is 3.62. The number of hydrogen-bond acceptors (Lipinski definition) is 5. The second kappa shape index (κ2) is 8.51. The summed E-state index contributed by atoms with van der Waals surface area (Å²) in [4.78, 5) is 30.8. The molecule has 0 aromatic heterocycles. The molecular weight excluding hydrogens is 334 g/mol. The number of carbonyl (C=O) groups is 2. The first-order valence-corrected chi connectivity index (χ1v) is 9.19. The van der Waals surface area contributed by atoms with Crippen LogP contribution in [-0.2, 0) is 4.79 Å². The molecule has 0 saturated carbocycles. The topological polar surface area (TPSA) is 73.3 Å². The number of β-amino-alcohol motifs (C(OH)–C–C–N with tert-alkyl or cyclic N) is 1. The minimum absolute atomic E-state index is 0.0614. The zero-order valence-corrected chi connectivity index (χ0v) is 15.3. The molecule has 7 heteroatoms. The number of ether oxygens (including phenoxy) is 1. The third-order valence-electron chi connectivity index (χ3n) is 5.10. The van der Waals surface area contributed by atoms with Gasteiger partial charge >= 0.3 is 0 Å². The van der Waals surface area contributed by atoms with Gasteiger partial charge in [0.25, 0.3) is 5.91 Å². The number of methoxy groups -OCH3 is 1. The van der Waals surface area contributed by atoms with Crippen LogP contribution in [-0.4, -0.2) is 90.6 Å². The number of nitrogens with zero attached hydrogens (tertiary/aromatic N) is 3. The van der Waals surface area contributed by atoms with Crippen molar-refractivity contribution >= 4 is 11.8 Å². The van der Waals surface area contributed by atoms with Crippen molar-refractivity contribution in [2.45, 2.75) is 18.9 Å². The lowest BCUT2D eigenvalue weighted by atomic mass is 10.1. The molecular formula is C19H27N3O4. The number of amides is 2. The van der Waals surface area contributed by atoms with Crippen LogP contribution < -0.4 is 4.74 Å². The molecule has 142 valence electrons. The minimum atomic E-state index is -0.327. The molecule has 1 unspecified atom stereocenters. The number of rotatable bonds is 4. The van der Waals surface area contributed by atoms with Gasteiger partial charge in [-0.25, -0.2) is 0 Å². The monoisotopic (exact) mass is 361 g/mol. The summed E-state index contributed by atoms with van der Waals surface area (Å²) in [5, 5.41) is 9.73. The van der Waals surface area contributed by atoms with E-state index in [1.807, 2.05) is 21.9 Å². The van der Waals surface area contributed by atoms with E-state index in [1.54, 1.807) is 24.1 Å². The third-order valence-corrected chi connectivity index (χ3v) is 5.10. The number of aliphatic hydroxyl groups excluding tert-OH is 1. The summed E-state index contributed by atoms with van der Waals surface area (Å²) in [7, 11) is 1.56. The average molecular weight is 361 g/mol. The number of benzene rings is 1. The molecule has 1 N–H and O–H groups in total. The molecule has 7 nitrogen and oxygen atoms in total. The lowest BCUT2D eigenvalue weighted by Crippen LogP contribution is -2.53. The van der Waals surface area contributed by atoms with Gasteiger partial charge < -0.3 is 19.6 Å². The van der Waals surface area contributed by atoms with E-state index in [4.69, 9.17) is 4.74 Å². The van der Waals surface area contributed by atoms with Gasteiger partial charge in [-0.2, -0.15) is 0 Å². The lowest BCUT2D eigenvalue weighted by Gasteiger charge is -2.37. The number of para-hydroxylation sites is 1. The minimum Gasteiger partial charge on any atom is -0.496 e. The summed E-state index contributed by atoms with van der Waals surface area (Å²) in [6.45, 7) is 3.88. The Balaban J connectivity index is 1.52. The molecule has 2 heterocycles. The number of piperazine rings is 1. The number of piperidine rings is 1. The van der Waals surface area contributed by atoms with Crippen LogP contribution in [0, 0.1) is 0 Å². The van der Waals surface area contributed by atoms with Crippen molar-refractivity contribution in [3.8, 4) is 5.75 Å². The van der Waals surface area contributed by atoms with Gasteiger partial charge in [0.05, 0.1) is 25.3 Å². The number of aliphatic hydroxyl groups is 1. The maximum absolute atomic E-state index is 12.7. The van der Waals surface area contributed by atoms with E-state index in [9.17, 15) is 14.7 Å². The quantitative estimate of drug-likeness (QED) is 0.842. The first-order valence-electron chi connectivity index (χ1n) is 9.19. The lowest BCUT2D eigenvalue weighted by molar-refractivity contribution is -0.134. The van der Waals surface area contributed by atoms with Crippen LogP contribution >= 0.6 is 0 Å². The first-order chi connectivity index (χ1) is 12.6. The van der Waals surface area contributed by atoms with Gasteiger partial charge in [0.1, 0.15) is 5.75 Å².